The first-order chi connectivity index (χ1) is 7.00. The van der Waals surface area contributed by atoms with Gasteiger partial charge < -0.3 is 5.32 Å². The highest BCUT2D eigenvalue weighted by molar-refractivity contribution is 6.42. The monoisotopic (exact) mass is 263 g/mol. The van der Waals surface area contributed by atoms with Crippen molar-refractivity contribution in [1.29, 1.82) is 0 Å². The van der Waals surface area contributed by atoms with Crippen LogP contribution in [0.2, 0.25) is 10.0 Å². The zero-order valence-corrected chi connectivity index (χ0v) is 10.6. The van der Waals surface area contributed by atoms with Crippen molar-refractivity contribution in [2.45, 2.75) is 13.0 Å². The summed E-state index contributed by atoms with van der Waals surface area (Å²) < 4.78 is 0. The van der Waals surface area contributed by atoms with Crippen LogP contribution in [0.4, 0.5) is 0 Å². The molecular formula is C11H12Cl3N. The SMILES string of the molecule is C=C(Cl)CNC(C)c1ccc(Cl)c(Cl)c1. The molecule has 0 aliphatic heterocycles. The van der Waals surface area contributed by atoms with Gasteiger partial charge in [-0.15, -0.1) is 0 Å². The minimum absolute atomic E-state index is 0.162. The van der Waals surface area contributed by atoms with Crippen LogP contribution in [0, 0.1) is 0 Å². The highest BCUT2D eigenvalue weighted by Gasteiger charge is 2.06. The lowest BCUT2D eigenvalue weighted by molar-refractivity contribution is 0.614. The van der Waals surface area contributed by atoms with Crippen LogP contribution in [0.25, 0.3) is 0 Å². The molecule has 1 N–H and O–H groups in total. The van der Waals surface area contributed by atoms with Crippen molar-refractivity contribution < 1.29 is 0 Å². The molecular weight excluding hydrogens is 252 g/mol. The van der Waals surface area contributed by atoms with Crippen molar-refractivity contribution in [3.63, 3.8) is 0 Å². The first-order valence-corrected chi connectivity index (χ1v) is 5.65. The van der Waals surface area contributed by atoms with Crippen molar-refractivity contribution in [1.82, 2.24) is 5.32 Å². The van der Waals surface area contributed by atoms with Crippen molar-refractivity contribution >= 4 is 34.8 Å². The Labute approximate surface area is 105 Å². The maximum absolute atomic E-state index is 5.92. The first-order valence-electron chi connectivity index (χ1n) is 4.52. The van der Waals surface area contributed by atoms with E-state index in [-0.39, 0.29) is 6.04 Å². The van der Waals surface area contributed by atoms with E-state index in [1.54, 1.807) is 6.07 Å². The van der Waals surface area contributed by atoms with E-state index in [1.165, 1.54) is 0 Å². The maximum Gasteiger partial charge on any atom is 0.0595 e. The number of halogens is 3. The number of benzene rings is 1. The number of hydrogen-bond acceptors (Lipinski definition) is 1. The highest BCUT2D eigenvalue weighted by atomic mass is 35.5. The van der Waals surface area contributed by atoms with Gasteiger partial charge in [0.05, 0.1) is 10.0 Å². The average Bonchev–Trinajstić information content (AvgIpc) is 2.18. The van der Waals surface area contributed by atoms with Crippen LogP contribution in [0.5, 0.6) is 0 Å². The lowest BCUT2D eigenvalue weighted by Gasteiger charge is -2.14. The zero-order chi connectivity index (χ0) is 11.4. The van der Waals surface area contributed by atoms with E-state index in [0.717, 1.165) is 5.56 Å². The summed E-state index contributed by atoms with van der Waals surface area (Å²) in [5.74, 6) is 0. The fraction of sp³-hybridized carbons (Fsp3) is 0.273. The molecule has 0 aliphatic rings. The summed E-state index contributed by atoms with van der Waals surface area (Å²) in [4.78, 5) is 0. The minimum atomic E-state index is 0.162. The van der Waals surface area contributed by atoms with E-state index in [0.29, 0.717) is 21.6 Å². The Kier molecular flexibility index (Phi) is 4.94. The second kappa shape index (κ2) is 5.76. The third-order valence-corrected chi connectivity index (χ3v) is 2.92. The Hall–Kier alpha value is -0.210. The maximum atomic E-state index is 5.92. The summed E-state index contributed by atoms with van der Waals surface area (Å²) in [5, 5.41) is 4.92. The van der Waals surface area contributed by atoms with Gasteiger partial charge in [0.15, 0.2) is 0 Å². The molecule has 82 valence electrons. The number of hydrogen-bond donors (Lipinski definition) is 1. The van der Waals surface area contributed by atoms with Crippen molar-refractivity contribution in [3.8, 4) is 0 Å². The lowest BCUT2D eigenvalue weighted by atomic mass is 10.1. The molecule has 1 aromatic carbocycles. The molecule has 0 aliphatic carbocycles. The molecule has 15 heavy (non-hydrogen) atoms. The molecule has 0 heterocycles. The molecule has 1 aromatic rings. The first kappa shape index (κ1) is 12.9. The molecule has 0 fully saturated rings. The minimum Gasteiger partial charge on any atom is -0.305 e. The van der Waals surface area contributed by atoms with Gasteiger partial charge in [-0.05, 0) is 24.6 Å². The van der Waals surface area contributed by atoms with Crippen molar-refractivity contribution in [2.24, 2.45) is 0 Å². The van der Waals surface area contributed by atoms with Gasteiger partial charge in [0.2, 0.25) is 0 Å². The van der Waals surface area contributed by atoms with Gasteiger partial charge in [-0.2, -0.15) is 0 Å². The Morgan fingerprint density at radius 3 is 2.60 bits per heavy atom. The quantitative estimate of drug-likeness (QED) is 0.850. The van der Waals surface area contributed by atoms with Crippen LogP contribution >= 0.6 is 34.8 Å². The summed E-state index contributed by atoms with van der Waals surface area (Å²) in [6.07, 6.45) is 0. The largest absolute Gasteiger partial charge is 0.305 e. The van der Waals surface area contributed by atoms with Crippen LogP contribution in [0.1, 0.15) is 18.5 Å². The lowest BCUT2D eigenvalue weighted by Crippen LogP contribution is -2.19. The molecule has 0 bridgehead atoms. The second-order valence-corrected chi connectivity index (χ2v) is 4.64. The molecule has 0 radical (unpaired) electrons. The van der Waals surface area contributed by atoms with E-state index in [2.05, 4.69) is 11.9 Å². The van der Waals surface area contributed by atoms with Gasteiger partial charge in [0.25, 0.3) is 0 Å². The fourth-order valence-electron chi connectivity index (χ4n) is 1.16. The van der Waals surface area contributed by atoms with Crippen LogP contribution in [-0.2, 0) is 0 Å². The van der Waals surface area contributed by atoms with E-state index in [9.17, 15) is 0 Å². The Bertz CT molecular complexity index is 363. The molecule has 0 saturated carbocycles. The normalized spacial score (nSPS) is 12.5. The molecule has 0 spiro atoms. The number of nitrogens with one attached hydrogen (secondary N) is 1. The fourth-order valence-corrected chi connectivity index (χ4v) is 1.55. The topological polar surface area (TPSA) is 12.0 Å². The average molecular weight is 265 g/mol. The van der Waals surface area contributed by atoms with Crippen LogP contribution in [0.15, 0.2) is 29.8 Å². The summed E-state index contributed by atoms with van der Waals surface area (Å²) in [6.45, 7) is 6.21. The van der Waals surface area contributed by atoms with Crippen LogP contribution < -0.4 is 5.32 Å². The Morgan fingerprint density at radius 2 is 2.07 bits per heavy atom. The highest BCUT2D eigenvalue weighted by Crippen LogP contribution is 2.25. The molecule has 4 heteroatoms. The molecule has 0 amide bonds. The summed E-state index contributed by atoms with van der Waals surface area (Å²) >= 11 is 17.4. The molecule has 0 saturated heterocycles. The molecule has 1 unspecified atom stereocenters. The van der Waals surface area contributed by atoms with Crippen LogP contribution in [0.3, 0.4) is 0 Å². The van der Waals surface area contributed by atoms with E-state index in [4.69, 9.17) is 34.8 Å². The smallest absolute Gasteiger partial charge is 0.0595 e. The van der Waals surface area contributed by atoms with E-state index >= 15 is 0 Å². The zero-order valence-electron chi connectivity index (χ0n) is 8.36. The third kappa shape index (κ3) is 4.04. The van der Waals surface area contributed by atoms with Crippen LogP contribution in [-0.4, -0.2) is 6.54 Å². The van der Waals surface area contributed by atoms with Gasteiger partial charge in [-0.3, -0.25) is 0 Å². The predicted octanol–water partition coefficient (Wildman–Crippen LogP) is 4.40. The second-order valence-electron chi connectivity index (χ2n) is 3.29. The molecule has 1 nitrogen and oxygen atoms in total. The van der Waals surface area contributed by atoms with E-state index in [1.807, 2.05) is 19.1 Å². The van der Waals surface area contributed by atoms with Gasteiger partial charge >= 0.3 is 0 Å². The molecule has 1 rings (SSSR count). The molecule has 0 aromatic heterocycles. The third-order valence-electron chi connectivity index (χ3n) is 2.04. The van der Waals surface area contributed by atoms with Gasteiger partial charge in [0, 0.05) is 17.6 Å². The standard InChI is InChI=1S/C11H12Cl3N/c1-7(12)6-15-8(2)9-3-4-10(13)11(14)5-9/h3-5,8,15H,1,6H2,2H3. The van der Waals surface area contributed by atoms with E-state index < -0.39 is 0 Å². The predicted molar refractivity (Wildman–Crippen MR) is 67.9 cm³/mol. The van der Waals surface area contributed by atoms with Crippen molar-refractivity contribution in [3.05, 3.63) is 45.4 Å². The van der Waals surface area contributed by atoms with Gasteiger partial charge in [-0.25, -0.2) is 0 Å². The number of rotatable bonds is 4. The Balaban J connectivity index is 2.69. The van der Waals surface area contributed by atoms with Gasteiger partial charge in [0.1, 0.15) is 0 Å². The summed E-state index contributed by atoms with van der Waals surface area (Å²) in [6, 6.07) is 5.73. The summed E-state index contributed by atoms with van der Waals surface area (Å²) in [5.41, 5.74) is 1.07. The Morgan fingerprint density at radius 1 is 1.40 bits per heavy atom. The molecule has 1 atom stereocenters. The summed E-state index contributed by atoms with van der Waals surface area (Å²) in [7, 11) is 0. The van der Waals surface area contributed by atoms with Gasteiger partial charge in [-0.1, -0.05) is 47.4 Å². The van der Waals surface area contributed by atoms with Crippen molar-refractivity contribution in [2.75, 3.05) is 6.54 Å².